The number of piperazine rings is 1. The van der Waals surface area contributed by atoms with Crippen LogP contribution in [0, 0.1) is 5.92 Å². The first-order valence-corrected chi connectivity index (χ1v) is 8.49. The smallest absolute Gasteiger partial charge is 0.226 e. The minimum absolute atomic E-state index is 0.153. The van der Waals surface area contributed by atoms with E-state index < -0.39 is 0 Å². The number of ether oxygens (including phenoxy) is 1. The van der Waals surface area contributed by atoms with Crippen LogP contribution >= 0.6 is 0 Å². The van der Waals surface area contributed by atoms with Crippen LogP contribution in [0.1, 0.15) is 32.1 Å². The minimum Gasteiger partial charge on any atom is -0.360 e. The molecule has 0 spiro atoms. The fourth-order valence-corrected chi connectivity index (χ4v) is 3.77. The maximum atomic E-state index is 12.6. The first-order valence-electron chi connectivity index (χ1n) is 8.49. The van der Waals surface area contributed by atoms with Crippen LogP contribution in [0.25, 0.3) is 0 Å². The van der Waals surface area contributed by atoms with E-state index in [1.165, 1.54) is 0 Å². The monoisotopic (exact) mass is 309 g/mol. The zero-order valence-electron chi connectivity index (χ0n) is 13.5. The van der Waals surface area contributed by atoms with E-state index in [4.69, 9.17) is 4.74 Å². The fourth-order valence-electron chi connectivity index (χ4n) is 3.77. The van der Waals surface area contributed by atoms with Crippen LogP contribution in [0.4, 0.5) is 0 Å². The van der Waals surface area contributed by atoms with Crippen molar-refractivity contribution in [2.45, 2.75) is 38.1 Å². The Balaban J connectivity index is 1.49. The lowest BCUT2D eigenvalue weighted by Gasteiger charge is -2.40. The Kier molecular flexibility index (Phi) is 4.98. The highest BCUT2D eigenvalue weighted by molar-refractivity contribution is 5.79. The minimum atomic E-state index is 0.153. The van der Waals surface area contributed by atoms with Crippen molar-refractivity contribution >= 4 is 11.8 Å². The van der Waals surface area contributed by atoms with E-state index in [2.05, 4.69) is 11.9 Å². The molecule has 1 aliphatic carbocycles. The molecule has 6 heteroatoms. The summed E-state index contributed by atoms with van der Waals surface area (Å²) in [6.45, 7) is 4.63. The molecule has 3 fully saturated rings. The van der Waals surface area contributed by atoms with Gasteiger partial charge in [-0.05, 0) is 32.7 Å². The van der Waals surface area contributed by atoms with Gasteiger partial charge in [-0.1, -0.05) is 0 Å². The van der Waals surface area contributed by atoms with Crippen LogP contribution in [-0.4, -0.2) is 79.1 Å². The van der Waals surface area contributed by atoms with Crippen LogP contribution in [0.3, 0.4) is 0 Å². The van der Waals surface area contributed by atoms with Crippen molar-refractivity contribution in [2.24, 2.45) is 5.92 Å². The summed E-state index contributed by atoms with van der Waals surface area (Å²) in [5.41, 5.74) is 0. The van der Waals surface area contributed by atoms with Gasteiger partial charge in [0.1, 0.15) is 6.73 Å². The molecule has 0 aromatic rings. The van der Waals surface area contributed by atoms with Gasteiger partial charge in [0, 0.05) is 38.1 Å². The van der Waals surface area contributed by atoms with Crippen molar-refractivity contribution in [3.63, 3.8) is 0 Å². The first kappa shape index (κ1) is 15.7. The lowest BCUT2D eigenvalue weighted by atomic mass is 9.84. The summed E-state index contributed by atoms with van der Waals surface area (Å²) >= 11 is 0. The molecule has 0 unspecified atom stereocenters. The van der Waals surface area contributed by atoms with Crippen LogP contribution < -0.4 is 0 Å². The Bertz CT molecular complexity index is 413. The van der Waals surface area contributed by atoms with Crippen molar-refractivity contribution in [2.75, 3.05) is 46.6 Å². The molecule has 22 heavy (non-hydrogen) atoms. The summed E-state index contributed by atoms with van der Waals surface area (Å²) in [6, 6.07) is 0.268. The molecule has 6 nitrogen and oxygen atoms in total. The zero-order chi connectivity index (χ0) is 15.5. The van der Waals surface area contributed by atoms with E-state index in [1.54, 1.807) is 0 Å². The third-order valence-corrected chi connectivity index (χ3v) is 5.31. The van der Waals surface area contributed by atoms with Gasteiger partial charge >= 0.3 is 0 Å². The summed E-state index contributed by atoms with van der Waals surface area (Å²) in [4.78, 5) is 30.7. The number of amides is 2. The number of likely N-dealkylation sites (N-methyl/N-ethyl adjacent to an activating group) is 1. The average Bonchev–Trinajstić information content (AvgIpc) is 2.56. The normalized spacial score (nSPS) is 31.4. The Morgan fingerprint density at radius 3 is 2.41 bits per heavy atom. The summed E-state index contributed by atoms with van der Waals surface area (Å²) in [5, 5.41) is 0. The van der Waals surface area contributed by atoms with Crippen molar-refractivity contribution < 1.29 is 14.3 Å². The molecule has 1 saturated carbocycles. The maximum Gasteiger partial charge on any atom is 0.226 e. The summed E-state index contributed by atoms with van der Waals surface area (Å²) in [6.07, 6.45) is 4.16. The fraction of sp³-hybridized carbons (Fsp3) is 0.875. The highest BCUT2D eigenvalue weighted by Gasteiger charge is 2.34. The molecule has 0 bridgehead atoms. The van der Waals surface area contributed by atoms with E-state index in [-0.39, 0.29) is 17.9 Å². The van der Waals surface area contributed by atoms with Gasteiger partial charge in [0.2, 0.25) is 11.8 Å². The molecule has 124 valence electrons. The Hall–Kier alpha value is -1.14. The van der Waals surface area contributed by atoms with Gasteiger partial charge in [-0.2, -0.15) is 0 Å². The van der Waals surface area contributed by atoms with Crippen LogP contribution in [0.15, 0.2) is 0 Å². The molecule has 2 aliphatic heterocycles. The van der Waals surface area contributed by atoms with Crippen molar-refractivity contribution in [1.82, 2.24) is 14.7 Å². The van der Waals surface area contributed by atoms with E-state index >= 15 is 0 Å². The predicted octanol–water partition coefficient (Wildman–Crippen LogP) is 0.526. The summed E-state index contributed by atoms with van der Waals surface area (Å²) in [5.74, 6) is 0.688. The van der Waals surface area contributed by atoms with Crippen molar-refractivity contribution in [3.8, 4) is 0 Å². The van der Waals surface area contributed by atoms with Gasteiger partial charge < -0.3 is 19.4 Å². The molecular weight excluding hydrogens is 282 g/mol. The summed E-state index contributed by atoms with van der Waals surface area (Å²) in [7, 11) is 2.10. The van der Waals surface area contributed by atoms with Gasteiger partial charge in [-0.25, -0.2) is 0 Å². The molecule has 2 heterocycles. The average molecular weight is 309 g/mol. The first-order chi connectivity index (χ1) is 10.6. The second-order valence-electron chi connectivity index (χ2n) is 6.78. The lowest BCUT2D eigenvalue weighted by Crippen LogP contribution is -2.51. The van der Waals surface area contributed by atoms with Crippen LogP contribution in [0.2, 0.25) is 0 Å². The highest BCUT2D eigenvalue weighted by Crippen LogP contribution is 2.30. The molecule has 0 N–H and O–H groups in total. The zero-order valence-corrected chi connectivity index (χ0v) is 13.5. The van der Waals surface area contributed by atoms with Crippen molar-refractivity contribution in [3.05, 3.63) is 0 Å². The van der Waals surface area contributed by atoms with Gasteiger partial charge in [0.05, 0.1) is 13.0 Å². The number of carbonyl (C=O) groups is 2. The van der Waals surface area contributed by atoms with E-state index in [0.717, 1.165) is 51.9 Å². The molecule has 2 amide bonds. The topological polar surface area (TPSA) is 53.1 Å². The van der Waals surface area contributed by atoms with Gasteiger partial charge in [-0.15, -0.1) is 0 Å². The SMILES string of the molecule is CN1CCN(C(=O)[C@H]2CC[C@H](N3COCCC3=O)CC2)CC1. The molecular formula is C16H27N3O3. The third-order valence-electron chi connectivity index (χ3n) is 5.31. The second kappa shape index (κ2) is 6.96. The molecule has 0 atom stereocenters. The second-order valence-corrected chi connectivity index (χ2v) is 6.78. The Morgan fingerprint density at radius 2 is 1.77 bits per heavy atom. The van der Waals surface area contributed by atoms with Crippen LogP contribution in [-0.2, 0) is 14.3 Å². The molecule has 3 rings (SSSR count). The lowest BCUT2D eigenvalue weighted by molar-refractivity contribution is -0.151. The van der Waals surface area contributed by atoms with E-state index in [1.807, 2.05) is 9.80 Å². The number of hydrogen-bond donors (Lipinski definition) is 0. The number of hydrogen-bond acceptors (Lipinski definition) is 4. The number of carbonyl (C=O) groups excluding carboxylic acids is 2. The van der Waals surface area contributed by atoms with Gasteiger partial charge in [0.25, 0.3) is 0 Å². The molecule has 3 aliphatic rings. The molecule has 0 aromatic carbocycles. The number of rotatable bonds is 2. The van der Waals surface area contributed by atoms with Gasteiger partial charge in [-0.3, -0.25) is 9.59 Å². The molecule has 2 saturated heterocycles. The number of nitrogens with zero attached hydrogens (tertiary/aromatic N) is 3. The predicted molar refractivity (Wildman–Crippen MR) is 82.1 cm³/mol. The molecule has 0 aromatic heterocycles. The Labute approximate surface area is 132 Å². The molecule has 0 radical (unpaired) electrons. The maximum absolute atomic E-state index is 12.6. The summed E-state index contributed by atoms with van der Waals surface area (Å²) < 4.78 is 5.41. The van der Waals surface area contributed by atoms with Crippen LogP contribution in [0.5, 0.6) is 0 Å². The Morgan fingerprint density at radius 1 is 1.09 bits per heavy atom. The van der Waals surface area contributed by atoms with Crippen molar-refractivity contribution in [1.29, 1.82) is 0 Å². The highest BCUT2D eigenvalue weighted by atomic mass is 16.5. The third kappa shape index (κ3) is 3.43. The standard InChI is InChI=1S/C16H27N3O3/c1-17-7-9-18(10-8-17)16(21)13-2-4-14(5-3-13)19-12-22-11-6-15(19)20/h13-14H,2-12H2,1H3/t13-,14-. The quantitative estimate of drug-likeness (QED) is 0.746. The van der Waals surface area contributed by atoms with E-state index in [9.17, 15) is 9.59 Å². The van der Waals surface area contributed by atoms with E-state index in [0.29, 0.717) is 25.7 Å². The largest absolute Gasteiger partial charge is 0.360 e. The van der Waals surface area contributed by atoms with Gasteiger partial charge in [0.15, 0.2) is 0 Å².